The van der Waals surface area contributed by atoms with Crippen LogP contribution in [0.25, 0.3) is 0 Å². The average molecular weight is 321 g/mol. The van der Waals surface area contributed by atoms with Gasteiger partial charge >= 0.3 is 5.97 Å². The molecule has 1 unspecified atom stereocenters. The van der Waals surface area contributed by atoms with E-state index >= 15 is 0 Å². The molecule has 8 heteroatoms. The highest BCUT2D eigenvalue weighted by molar-refractivity contribution is 6.35. The van der Waals surface area contributed by atoms with Gasteiger partial charge < -0.3 is 16.2 Å². The Hall–Kier alpha value is -1.43. The fourth-order valence-electron chi connectivity index (χ4n) is 1.59. The van der Waals surface area contributed by atoms with Gasteiger partial charge in [0.25, 0.3) is 0 Å². The minimum Gasteiger partial charge on any atom is -0.477 e. The first-order valence-corrected chi connectivity index (χ1v) is 6.18. The van der Waals surface area contributed by atoms with E-state index in [0.29, 0.717) is 10.7 Å². The molecule has 0 amide bonds. The summed E-state index contributed by atoms with van der Waals surface area (Å²) in [7, 11) is 0. The number of hydrogen-bond donors (Lipinski definition) is 3. The predicted molar refractivity (Wildman–Crippen MR) is 72.7 cm³/mol. The third kappa shape index (κ3) is 2.63. The van der Waals surface area contributed by atoms with Crippen molar-refractivity contribution in [2.24, 2.45) is 5.73 Å². The molecule has 2 heterocycles. The monoisotopic (exact) mass is 319 g/mol. The van der Waals surface area contributed by atoms with Gasteiger partial charge in [-0.25, -0.2) is 9.78 Å². The van der Waals surface area contributed by atoms with E-state index in [1.165, 1.54) is 18.3 Å². The summed E-state index contributed by atoms with van der Waals surface area (Å²) >= 11 is 17.8. The average Bonchev–Trinajstić information content (AvgIpc) is 2.34. The number of rotatable bonds is 2. The largest absolute Gasteiger partial charge is 0.477 e. The summed E-state index contributed by atoms with van der Waals surface area (Å²) in [6, 6.07) is 3.14. The minimum atomic E-state index is -1.34. The highest BCUT2D eigenvalue weighted by Gasteiger charge is 2.35. The zero-order valence-corrected chi connectivity index (χ0v) is 11.6. The van der Waals surface area contributed by atoms with Gasteiger partial charge in [0.2, 0.25) is 0 Å². The lowest BCUT2D eigenvalue weighted by Gasteiger charge is -2.31. The SMILES string of the molecule is NC1=CC(Cl)(c2ccc(Cl)nc2)NC(C(=O)O)=C1Cl. The van der Waals surface area contributed by atoms with Crippen molar-refractivity contribution in [1.82, 2.24) is 10.3 Å². The lowest BCUT2D eigenvalue weighted by atomic mass is 10.0. The molecule has 0 saturated heterocycles. The van der Waals surface area contributed by atoms with Gasteiger partial charge in [-0.3, -0.25) is 0 Å². The van der Waals surface area contributed by atoms with Crippen LogP contribution < -0.4 is 11.1 Å². The van der Waals surface area contributed by atoms with Crippen LogP contribution in [0.2, 0.25) is 5.15 Å². The molecule has 0 aliphatic carbocycles. The Morgan fingerprint density at radius 3 is 2.63 bits per heavy atom. The van der Waals surface area contributed by atoms with Crippen molar-refractivity contribution in [2.75, 3.05) is 0 Å². The van der Waals surface area contributed by atoms with Crippen molar-refractivity contribution in [3.8, 4) is 0 Å². The molecule has 5 nitrogen and oxygen atoms in total. The van der Waals surface area contributed by atoms with E-state index in [4.69, 9.17) is 45.6 Å². The van der Waals surface area contributed by atoms with Crippen LogP contribution >= 0.6 is 34.8 Å². The third-order valence-corrected chi connectivity index (χ3v) is 3.55. The molecule has 100 valence electrons. The predicted octanol–water partition coefficient (Wildman–Crippen LogP) is 2.11. The molecule has 2 rings (SSSR count). The van der Waals surface area contributed by atoms with E-state index in [9.17, 15) is 4.79 Å². The molecule has 0 saturated carbocycles. The number of alkyl halides is 1. The molecule has 0 spiro atoms. The van der Waals surface area contributed by atoms with E-state index in [-0.39, 0.29) is 16.4 Å². The van der Waals surface area contributed by atoms with Crippen molar-refractivity contribution in [3.63, 3.8) is 0 Å². The fraction of sp³-hybridized carbons (Fsp3) is 0.0909. The van der Waals surface area contributed by atoms with Gasteiger partial charge in [-0.2, -0.15) is 0 Å². The Morgan fingerprint density at radius 1 is 1.42 bits per heavy atom. The standard InChI is InChI=1S/C11H8Cl3N3O2/c12-7-2-1-5(4-16-7)11(14)3-6(15)8(13)9(17-11)10(18)19/h1-4,17H,15H2,(H,18,19). The van der Waals surface area contributed by atoms with Gasteiger partial charge in [-0.1, -0.05) is 40.9 Å². The van der Waals surface area contributed by atoms with Gasteiger partial charge in [-0.15, -0.1) is 0 Å². The second-order valence-electron chi connectivity index (χ2n) is 3.80. The Balaban J connectivity index is 2.48. The van der Waals surface area contributed by atoms with Crippen LogP contribution in [0.4, 0.5) is 0 Å². The highest BCUT2D eigenvalue weighted by Crippen LogP contribution is 2.35. The maximum absolute atomic E-state index is 11.1. The second-order valence-corrected chi connectivity index (χ2v) is 5.16. The molecular formula is C11H8Cl3N3O2. The lowest BCUT2D eigenvalue weighted by molar-refractivity contribution is -0.133. The van der Waals surface area contributed by atoms with Gasteiger partial charge in [0.1, 0.15) is 10.9 Å². The summed E-state index contributed by atoms with van der Waals surface area (Å²) in [5, 5.41) is 11.9. The Morgan fingerprint density at radius 2 is 2.11 bits per heavy atom. The maximum atomic E-state index is 11.1. The van der Waals surface area contributed by atoms with Crippen LogP contribution in [0, 0.1) is 0 Å². The topological polar surface area (TPSA) is 88.2 Å². The van der Waals surface area contributed by atoms with E-state index in [1.54, 1.807) is 6.07 Å². The zero-order chi connectivity index (χ0) is 14.2. The summed E-state index contributed by atoms with van der Waals surface area (Å²) in [6.45, 7) is 0. The maximum Gasteiger partial charge on any atom is 0.353 e. The van der Waals surface area contributed by atoms with E-state index in [0.717, 1.165) is 0 Å². The molecule has 1 atom stereocenters. The first-order chi connectivity index (χ1) is 8.83. The summed E-state index contributed by atoms with van der Waals surface area (Å²) in [4.78, 5) is 13.6. The molecule has 4 N–H and O–H groups in total. The van der Waals surface area contributed by atoms with E-state index in [1.807, 2.05) is 0 Å². The second kappa shape index (κ2) is 4.92. The van der Waals surface area contributed by atoms with E-state index < -0.39 is 11.0 Å². The fourth-order valence-corrected chi connectivity index (χ4v) is 2.21. The smallest absolute Gasteiger partial charge is 0.353 e. The van der Waals surface area contributed by atoms with Crippen LogP contribution in [-0.2, 0) is 9.79 Å². The first kappa shape index (κ1) is 14.0. The normalized spacial score (nSPS) is 22.8. The van der Waals surface area contributed by atoms with Gasteiger partial charge in [0.15, 0.2) is 5.00 Å². The summed E-state index contributed by atoms with van der Waals surface area (Å²) in [5.41, 5.74) is 5.98. The Kier molecular flexibility index (Phi) is 3.62. The summed E-state index contributed by atoms with van der Waals surface area (Å²) in [6.07, 6.45) is 2.83. The molecule has 1 aliphatic heterocycles. The van der Waals surface area contributed by atoms with Crippen LogP contribution in [-0.4, -0.2) is 16.1 Å². The number of hydrogen-bond acceptors (Lipinski definition) is 4. The number of nitrogens with two attached hydrogens (primary N) is 1. The van der Waals surface area contributed by atoms with Crippen molar-refractivity contribution in [2.45, 2.75) is 5.00 Å². The van der Waals surface area contributed by atoms with Crippen molar-refractivity contribution in [1.29, 1.82) is 0 Å². The minimum absolute atomic E-state index is 0.0720. The Bertz CT molecular complexity index is 598. The number of pyridine rings is 1. The molecule has 0 radical (unpaired) electrons. The van der Waals surface area contributed by atoms with E-state index in [2.05, 4.69) is 10.3 Å². The number of nitrogens with zero attached hydrogens (tertiary/aromatic N) is 1. The van der Waals surface area contributed by atoms with Crippen molar-refractivity contribution in [3.05, 3.63) is 51.5 Å². The number of aromatic nitrogens is 1. The lowest BCUT2D eigenvalue weighted by Crippen LogP contribution is -2.41. The zero-order valence-electron chi connectivity index (χ0n) is 9.32. The number of carboxylic acids is 1. The van der Waals surface area contributed by atoms with Gasteiger partial charge in [-0.05, 0) is 12.1 Å². The van der Waals surface area contributed by atoms with Gasteiger partial charge in [0.05, 0.1) is 10.7 Å². The number of allylic oxidation sites excluding steroid dienone is 1. The number of halogens is 3. The van der Waals surface area contributed by atoms with Crippen LogP contribution in [0.5, 0.6) is 0 Å². The molecule has 0 fully saturated rings. The van der Waals surface area contributed by atoms with Crippen molar-refractivity contribution < 1.29 is 9.90 Å². The van der Waals surface area contributed by atoms with Crippen LogP contribution in [0.1, 0.15) is 5.56 Å². The van der Waals surface area contributed by atoms with Crippen molar-refractivity contribution >= 4 is 40.8 Å². The Labute approximate surface area is 123 Å². The quantitative estimate of drug-likeness (QED) is 0.441. The molecule has 1 aromatic heterocycles. The van der Waals surface area contributed by atoms with Crippen LogP contribution in [0.3, 0.4) is 0 Å². The molecular weight excluding hydrogens is 312 g/mol. The molecule has 0 aromatic carbocycles. The highest BCUT2D eigenvalue weighted by atomic mass is 35.5. The molecule has 1 aromatic rings. The van der Waals surface area contributed by atoms with Crippen LogP contribution in [0.15, 0.2) is 40.8 Å². The number of carboxylic acid groups (broad SMARTS) is 1. The summed E-state index contributed by atoms with van der Waals surface area (Å²) < 4.78 is 0. The number of carbonyl (C=O) groups is 1. The molecule has 19 heavy (non-hydrogen) atoms. The number of nitrogens with one attached hydrogen (secondary N) is 1. The third-order valence-electron chi connectivity index (χ3n) is 2.50. The molecule has 0 bridgehead atoms. The number of aliphatic carboxylic acids is 1. The van der Waals surface area contributed by atoms with Gasteiger partial charge in [0, 0.05) is 11.8 Å². The summed E-state index contributed by atoms with van der Waals surface area (Å²) in [5.74, 6) is -1.26. The molecule has 1 aliphatic rings. The first-order valence-electron chi connectivity index (χ1n) is 5.04. The number of dihydropyridines is 1.